The van der Waals surface area contributed by atoms with E-state index in [1.54, 1.807) is 4.90 Å². The fourth-order valence-corrected chi connectivity index (χ4v) is 4.27. The number of benzene rings is 1. The molecule has 2 aromatic rings. The summed E-state index contributed by atoms with van der Waals surface area (Å²) in [4.78, 5) is 14.5. The number of carbonyl (C=O) groups is 1. The maximum Gasteiger partial charge on any atom is 0.255 e. The van der Waals surface area contributed by atoms with Crippen LogP contribution in [0.1, 0.15) is 60.0 Å². The number of likely N-dealkylation sites (tertiary alicyclic amines) is 1. The number of fused-ring (bicyclic) bond motifs is 1. The molecule has 0 spiro atoms. The lowest BCUT2D eigenvalue weighted by molar-refractivity contribution is 0.0702. The van der Waals surface area contributed by atoms with E-state index < -0.39 is 11.6 Å². The molecule has 0 bridgehead atoms. The van der Waals surface area contributed by atoms with Crippen LogP contribution in [0.2, 0.25) is 5.02 Å². The molecule has 1 amide bonds. The van der Waals surface area contributed by atoms with Gasteiger partial charge in [0.15, 0.2) is 11.6 Å². The Kier molecular flexibility index (Phi) is 5.12. The summed E-state index contributed by atoms with van der Waals surface area (Å²) in [5, 5.41) is 8.69. The zero-order valence-corrected chi connectivity index (χ0v) is 15.7. The molecule has 1 aromatic carbocycles. The van der Waals surface area contributed by atoms with Gasteiger partial charge in [-0.3, -0.25) is 4.79 Å². The van der Waals surface area contributed by atoms with Crippen LogP contribution in [0.5, 0.6) is 0 Å². The van der Waals surface area contributed by atoms with Crippen molar-refractivity contribution in [1.82, 2.24) is 19.7 Å². The number of amides is 1. The minimum atomic E-state index is -1.07. The smallest absolute Gasteiger partial charge is 0.255 e. The largest absolute Gasteiger partial charge is 0.338 e. The first-order valence-electron chi connectivity index (χ1n) is 9.40. The lowest BCUT2D eigenvalue weighted by Gasteiger charge is -2.32. The minimum absolute atomic E-state index is 0.00344. The summed E-state index contributed by atoms with van der Waals surface area (Å²) in [6.07, 6.45) is 6.10. The second-order valence-corrected chi connectivity index (χ2v) is 7.68. The second-order valence-electron chi connectivity index (χ2n) is 7.27. The van der Waals surface area contributed by atoms with E-state index in [4.69, 9.17) is 11.6 Å². The number of carbonyl (C=O) groups excluding carboxylic acids is 1. The highest BCUT2D eigenvalue weighted by atomic mass is 35.5. The normalized spacial score (nSPS) is 20.3. The van der Waals surface area contributed by atoms with E-state index in [0.717, 1.165) is 62.4 Å². The fourth-order valence-electron chi connectivity index (χ4n) is 4.04. The van der Waals surface area contributed by atoms with E-state index in [9.17, 15) is 13.6 Å². The van der Waals surface area contributed by atoms with Crippen molar-refractivity contribution in [1.29, 1.82) is 0 Å². The molecule has 144 valence electrons. The number of aromatic nitrogens is 3. The molecule has 1 atom stereocenters. The molecule has 2 aliphatic rings. The zero-order valence-electron chi connectivity index (χ0n) is 14.9. The number of hydrogen-bond acceptors (Lipinski definition) is 3. The summed E-state index contributed by atoms with van der Waals surface area (Å²) < 4.78 is 29.1. The van der Waals surface area contributed by atoms with Crippen molar-refractivity contribution in [2.24, 2.45) is 0 Å². The number of nitrogens with zero attached hydrogens (tertiary/aromatic N) is 4. The van der Waals surface area contributed by atoms with Crippen molar-refractivity contribution in [3.05, 3.63) is 46.0 Å². The van der Waals surface area contributed by atoms with Gasteiger partial charge in [0.2, 0.25) is 0 Å². The summed E-state index contributed by atoms with van der Waals surface area (Å²) in [5.41, 5.74) is -0.00344. The standard InChI is InChI=1S/C19H21ClF2N4O/c20-14-10-16(22)15(21)9-13(14)19(27)25-7-4-5-12(11-25)18-24-23-17-6-2-1-3-8-26(17)18/h9-10,12H,1-8,11H2/t12-/m0/s1. The van der Waals surface area contributed by atoms with E-state index in [2.05, 4.69) is 14.8 Å². The highest BCUT2D eigenvalue weighted by Gasteiger charge is 2.31. The summed E-state index contributed by atoms with van der Waals surface area (Å²) in [5.74, 6) is -0.459. The lowest BCUT2D eigenvalue weighted by atomic mass is 9.96. The van der Waals surface area contributed by atoms with Crippen LogP contribution in [0.4, 0.5) is 8.78 Å². The van der Waals surface area contributed by atoms with Gasteiger partial charge in [0, 0.05) is 32.0 Å². The first kappa shape index (κ1) is 18.3. The average molecular weight is 395 g/mol. The molecule has 0 unspecified atom stereocenters. The van der Waals surface area contributed by atoms with Crippen LogP contribution in [0, 0.1) is 11.6 Å². The molecule has 4 rings (SSSR count). The Morgan fingerprint density at radius 2 is 1.89 bits per heavy atom. The maximum absolute atomic E-state index is 13.6. The van der Waals surface area contributed by atoms with E-state index in [0.29, 0.717) is 13.1 Å². The lowest BCUT2D eigenvalue weighted by Crippen LogP contribution is -2.40. The Hall–Kier alpha value is -2.02. The van der Waals surface area contributed by atoms with Gasteiger partial charge in [0.1, 0.15) is 11.6 Å². The average Bonchev–Trinajstić information content (AvgIpc) is 2.92. The second kappa shape index (κ2) is 7.54. The van der Waals surface area contributed by atoms with Crippen molar-refractivity contribution < 1.29 is 13.6 Å². The molecule has 1 aromatic heterocycles. The van der Waals surface area contributed by atoms with Gasteiger partial charge in [-0.25, -0.2) is 8.78 Å². The number of halogens is 3. The molecule has 8 heteroatoms. The van der Waals surface area contributed by atoms with Crippen LogP contribution in [-0.2, 0) is 13.0 Å². The van der Waals surface area contributed by atoms with E-state index >= 15 is 0 Å². The Labute approximate surface area is 161 Å². The summed E-state index contributed by atoms with van der Waals surface area (Å²) >= 11 is 5.98. The molecule has 0 radical (unpaired) electrons. The van der Waals surface area contributed by atoms with E-state index in [1.807, 2.05) is 0 Å². The Bertz CT molecular complexity index is 870. The van der Waals surface area contributed by atoms with Gasteiger partial charge in [-0.1, -0.05) is 18.0 Å². The molecular formula is C19H21ClF2N4O. The van der Waals surface area contributed by atoms with Gasteiger partial charge >= 0.3 is 0 Å². The SMILES string of the molecule is O=C(c1cc(F)c(F)cc1Cl)N1CCC[C@H](c2nnc3n2CCCCC3)C1. The van der Waals surface area contributed by atoms with Gasteiger partial charge in [0.05, 0.1) is 10.6 Å². The van der Waals surface area contributed by atoms with Gasteiger partial charge < -0.3 is 9.47 Å². The molecule has 1 saturated heterocycles. The molecular weight excluding hydrogens is 374 g/mol. The van der Waals surface area contributed by atoms with E-state index in [1.165, 1.54) is 6.42 Å². The number of aryl methyl sites for hydroxylation is 1. The Morgan fingerprint density at radius 3 is 2.74 bits per heavy atom. The van der Waals surface area contributed by atoms with Crippen LogP contribution < -0.4 is 0 Å². The van der Waals surface area contributed by atoms with Crippen molar-refractivity contribution in [3.8, 4) is 0 Å². The molecule has 5 nitrogen and oxygen atoms in total. The maximum atomic E-state index is 13.6. The summed E-state index contributed by atoms with van der Waals surface area (Å²) in [6, 6.07) is 1.73. The predicted molar refractivity (Wildman–Crippen MR) is 96.8 cm³/mol. The van der Waals surface area contributed by atoms with Crippen LogP contribution >= 0.6 is 11.6 Å². The van der Waals surface area contributed by atoms with E-state index in [-0.39, 0.29) is 22.4 Å². The first-order chi connectivity index (χ1) is 13.0. The number of hydrogen-bond donors (Lipinski definition) is 0. The molecule has 27 heavy (non-hydrogen) atoms. The minimum Gasteiger partial charge on any atom is -0.338 e. The fraction of sp³-hybridized carbons (Fsp3) is 0.526. The van der Waals surface area contributed by atoms with Crippen LogP contribution in [-0.4, -0.2) is 38.7 Å². The third kappa shape index (κ3) is 3.57. The zero-order chi connectivity index (χ0) is 19.0. The van der Waals surface area contributed by atoms with Gasteiger partial charge in [-0.05, 0) is 37.8 Å². The number of rotatable bonds is 2. The third-order valence-corrected chi connectivity index (χ3v) is 5.76. The third-order valence-electron chi connectivity index (χ3n) is 5.45. The molecule has 0 N–H and O–H groups in total. The summed E-state index contributed by atoms with van der Waals surface area (Å²) in [7, 11) is 0. The summed E-state index contributed by atoms with van der Waals surface area (Å²) in [6.45, 7) is 1.95. The van der Waals surface area contributed by atoms with Crippen LogP contribution in [0.15, 0.2) is 12.1 Å². The molecule has 2 aliphatic heterocycles. The van der Waals surface area contributed by atoms with Gasteiger partial charge in [0.25, 0.3) is 5.91 Å². The quantitative estimate of drug-likeness (QED) is 0.724. The Balaban J connectivity index is 1.56. The highest BCUT2D eigenvalue weighted by molar-refractivity contribution is 6.33. The van der Waals surface area contributed by atoms with Gasteiger partial charge in [-0.15, -0.1) is 10.2 Å². The molecule has 3 heterocycles. The van der Waals surface area contributed by atoms with Crippen molar-refractivity contribution in [2.75, 3.05) is 13.1 Å². The molecule has 1 fully saturated rings. The van der Waals surface area contributed by atoms with Gasteiger partial charge in [-0.2, -0.15) is 0 Å². The number of piperidine rings is 1. The Morgan fingerprint density at radius 1 is 1.07 bits per heavy atom. The topological polar surface area (TPSA) is 51.0 Å². The molecule has 0 saturated carbocycles. The predicted octanol–water partition coefficient (Wildman–Crippen LogP) is 3.96. The van der Waals surface area contributed by atoms with Crippen molar-refractivity contribution >= 4 is 17.5 Å². The molecule has 0 aliphatic carbocycles. The van der Waals surface area contributed by atoms with Crippen molar-refractivity contribution in [2.45, 2.75) is 51.0 Å². The van der Waals surface area contributed by atoms with Crippen LogP contribution in [0.3, 0.4) is 0 Å². The first-order valence-corrected chi connectivity index (χ1v) is 9.78. The van der Waals surface area contributed by atoms with Crippen molar-refractivity contribution in [3.63, 3.8) is 0 Å². The highest BCUT2D eigenvalue weighted by Crippen LogP contribution is 2.30. The van der Waals surface area contributed by atoms with Crippen LogP contribution in [0.25, 0.3) is 0 Å². The monoisotopic (exact) mass is 394 g/mol.